The lowest BCUT2D eigenvalue weighted by Crippen LogP contribution is -2.45. The molecule has 33 heavy (non-hydrogen) atoms. The van der Waals surface area contributed by atoms with Gasteiger partial charge in [0.15, 0.2) is 6.61 Å². The van der Waals surface area contributed by atoms with E-state index in [4.69, 9.17) is 4.74 Å². The normalized spacial score (nSPS) is 20.8. The molecule has 1 saturated carbocycles. The zero-order chi connectivity index (χ0) is 23.8. The average Bonchev–Trinajstić information content (AvgIpc) is 2.80. The predicted octanol–water partition coefficient (Wildman–Crippen LogP) is 4.20. The first kappa shape index (κ1) is 24.5. The first-order valence-corrected chi connectivity index (χ1v) is 12.6. The van der Waals surface area contributed by atoms with Gasteiger partial charge in [0.05, 0.1) is 11.0 Å². The van der Waals surface area contributed by atoms with Gasteiger partial charge in [-0.05, 0) is 48.1 Å². The largest absolute Gasteiger partial charge is 0.452 e. The van der Waals surface area contributed by atoms with Crippen LogP contribution >= 0.6 is 0 Å². The third-order valence-electron chi connectivity index (χ3n) is 5.99. The van der Waals surface area contributed by atoms with Gasteiger partial charge in [0.2, 0.25) is 0 Å². The lowest BCUT2D eigenvalue weighted by Gasteiger charge is -2.34. The van der Waals surface area contributed by atoms with Gasteiger partial charge in [0.1, 0.15) is 0 Å². The summed E-state index contributed by atoms with van der Waals surface area (Å²) in [6.45, 7) is 3.93. The molecule has 8 heteroatoms. The fraction of sp³-hybridized carbons (Fsp3) is 0.360. The highest BCUT2D eigenvalue weighted by atomic mass is 32.2. The van der Waals surface area contributed by atoms with Gasteiger partial charge in [0, 0.05) is 11.7 Å². The maximum Gasteiger partial charge on any atom is 0.338 e. The van der Waals surface area contributed by atoms with Crippen LogP contribution in [-0.2, 0) is 19.6 Å². The Morgan fingerprint density at radius 3 is 2.58 bits per heavy atom. The Bertz CT molecular complexity index is 1100. The second kappa shape index (κ2) is 11.1. The maximum absolute atomic E-state index is 12.4. The number of carbonyl (C=O) groups is 2. The molecule has 0 spiro atoms. The van der Waals surface area contributed by atoms with Crippen molar-refractivity contribution in [2.75, 3.05) is 11.3 Å². The van der Waals surface area contributed by atoms with Crippen molar-refractivity contribution in [1.29, 1.82) is 0 Å². The van der Waals surface area contributed by atoms with E-state index in [0.29, 0.717) is 11.8 Å². The van der Waals surface area contributed by atoms with Gasteiger partial charge in [-0.15, -0.1) is 0 Å². The first-order chi connectivity index (χ1) is 15.7. The van der Waals surface area contributed by atoms with E-state index in [9.17, 15) is 18.0 Å². The monoisotopic (exact) mass is 470 g/mol. The van der Waals surface area contributed by atoms with Crippen molar-refractivity contribution in [2.24, 2.45) is 11.8 Å². The number of amides is 1. The molecule has 0 bridgehead atoms. The minimum atomic E-state index is -3.77. The van der Waals surface area contributed by atoms with Crippen LogP contribution in [0.5, 0.6) is 0 Å². The summed E-state index contributed by atoms with van der Waals surface area (Å²) in [6, 6.07) is 15.1. The highest BCUT2D eigenvalue weighted by molar-refractivity contribution is 7.95. The summed E-state index contributed by atoms with van der Waals surface area (Å²) < 4.78 is 32.2. The smallest absolute Gasteiger partial charge is 0.338 e. The molecule has 7 nitrogen and oxygen atoms in total. The van der Waals surface area contributed by atoms with Crippen LogP contribution in [0, 0.1) is 11.8 Å². The highest BCUT2D eigenvalue weighted by Gasteiger charge is 2.28. The van der Waals surface area contributed by atoms with Crippen molar-refractivity contribution in [1.82, 2.24) is 5.32 Å². The fourth-order valence-corrected chi connectivity index (χ4v) is 4.75. The van der Waals surface area contributed by atoms with Crippen LogP contribution in [0.25, 0.3) is 6.08 Å². The molecule has 1 amide bonds. The van der Waals surface area contributed by atoms with Crippen molar-refractivity contribution >= 4 is 33.7 Å². The van der Waals surface area contributed by atoms with E-state index in [2.05, 4.69) is 23.9 Å². The van der Waals surface area contributed by atoms with Crippen molar-refractivity contribution in [3.05, 3.63) is 71.1 Å². The fourth-order valence-electron chi connectivity index (χ4n) is 3.89. The summed E-state index contributed by atoms with van der Waals surface area (Å²) in [4.78, 5) is 24.6. The number of carbonyl (C=O) groups excluding carboxylic acids is 2. The molecule has 0 aliphatic heterocycles. The molecular weight excluding hydrogens is 440 g/mol. The zero-order valence-corrected chi connectivity index (χ0v) is 19.7. The van der Waals surface area contributed by atoms with E-state index in [1.54, 1.807) is 18.2 Å². The number of nitrogens with one attached hydrogen (secondary N) is 2. The zero-order valence-electron chi connectivity index (χ0n) is 18.9. The Morgan fingerprint density at radius 1 is 1.06 bits per heavy atom. The van der Waals surface area contributed by atoms with Crippen molar-refractivity contribution in [3.63, 3.8) is 0 Å². The Morgan fingerprint density at radius 2 is 1.82 bits per heavy atom. The van der Waals surface area contributed by atoms with E-state index in [1.165, 1.54) is 24.3 Å². The Labute approximate surface area is 195 Å². The van der Waals surface area contributed by atoms with Crippen molar-refractivity contribution in [2.45, 2.75) is 39.2 Å². The van der Waals surface area contributed by atoms with E-state index in [-0.39, 0.29) is 29.8 Å². The standard InChI is InChI=1S/C25H30N2O5S/c1-18-8-6-13-23(19(18)2)26-24(28)17-32-25(29)21-11-7-12-22(16-21)27-33(30,31)15-14-20-9-4-3-5-10-20/h3-5,7,9-12,14-16,18-19,23,27H,6,8,13,17H2,1-2H3,(H,26,28)/b15-14+/t18-,19+,23-/m0/s1. The highest BCUT2D eigenvalue weighted by Crippen LogP contribution is 2.29. The molecule has 1 aliphatic carbocycles. The quantitative estimate of drug-likeness (QED) is 0.563. The second-order valence-electron chi connectivity index (χ2n) is 8.46. The van der Waals surface area contributed by atoms with Crippen LogP contribution in [0.3, 0.4) is 0 Å². The lowest BCUT2D eigenvalue weighted by atomic mass is 9.78. The van der Waals surface area contributed by atoms with E-state index in [1.807, 2.05) is 18.2 Å². The molecule has 2 aromatic carbocycles. The van der Waals surface area contributed by atoms with Gasteiger partial charge >= 0.3 is 5.97 Å². The minimum absolute atomic E-state index is 0.0848. The summed E-state index contributed by atoms with van der Waals surface area (Å²) in [5.74, 6) is -0.118. The molecule has 3 atom stereocenters. The number of hydrogen-bond donors (Lipinski definition) is 2. The number of sulfonamides is 1. The summed E-state index contributed by atoms with van der Waals surface area (Å²) in [5.41, 5.74) is 1.11. The van der Waals surface area contributed by atoms with Gasteiger partial charge in [-0.1, -0.05) is 63.1 Å². The molecular formula is C25H30N2O5S. The number of hydrogen-bond acceptors (Lipinski definition) is 5. The number of esters is 1. The summed E-state index contributed by atoms with van der Waals surface area (Å²) in [5, 5.41) is 4.02. The number of rotatable bonds is 8. The van der Waals surface area contributed by atoms with Crippen LogP contribution < -0.4 is 10.0 Å². The number of anilines is 1. The van der Waals surface area contributed by atoms with Gasteiger partial charge in [0.25, 0.3) is 15.9 Å². The van der Waals surface area contributed by atoms with E-state index >= 15 is 0 Å². The molecule has 2 aromatic rings. The van der Waals surface area contributed by atoms with Gasteiger partial charge < -0.3 is 10.1 Å². The maximum atomic E-state index is 12.4. The molecule has 2 N–H and O–H groups in total. The van der Waals surface area contributed by atoms with Gasteiger partial charge in [-0.2, -0.15) is 0 Å². The van der Waals surface area contributed by atoms with Crippen LogP contribution in [0.1, 0.15) is 49.0 Å². The number of benzene rings is 2. The average molecular weight is 471 g/mol. The third-order valence-corrected chi connectivity index (χ3v) is 7.00. The molecule has 0 saturated heterocycles. The van der Waals surface area contributed by atoms with Crippen LogP contribution in [0.15, 0.2) is 60.0 Å². The SMILES string of the molecule is C[C@H]1[C@@H](NC(=O)COC(=O)c2cccc(NS(=O)(=O)/C=C/c3ccccc3)c2)CCC[C@@H]1C. The van der Waals surface area contributed by atoms with Crippen LogP contribution in [0.4, 0.5) is 5.69 Å². The molecule has 0 unspecified atom stereocenters. The predicted molar refractivity (Wildman–Crippen MR) is 129 cm³/mol. The second-order valence-corrected chi connectivity index (χ2v) is 10.0. The molecule has 0 heterocycles. The van der Waals surface area contributed by atoms with Crippen LogP contribution in [0.2, 0.25) is 0 Å². The third kappa shape index (κ3) is 7.46. The summed E-state index contributed by atoms with van der Waals surface area (Å²) in [7, 11) is -3.77. The van der Waals surface area contributed by atoms with Crippen molar-refractivity contribution < 1.29 is 22.7 Å². The summed E-state index contributed by atoms with van der Waals surface area (Å²) in [6.07, 6.45) is 4.63. The topological polar surface area (TPSA) is 102 Å². The summed E-state index contributed by atoms with van der Waals surface area (Å²) >= 11 is 0. The molecule has 3 rings (SSSR count). The van der Waals surface area contributed by atoms with E-state index < -0.39 is 16.0 Å². The minimum Gasteiger partial charge on any atom is -0.452 e. The Balaban J connectivity index is 1.54. The first-order valence-electron chi connectivity index (χ1n) is 11.1. The molecule has 1 aliphatic rings. The number of ether oxygens (including phenoxy) is 1. The molecule has 1 fully saturated rings. The molecule has 176 valence electrons. The van der Waals surface area contributed by atoms with Gasteiger partial charge in [-0.25, -0.2) is 13.2 Å². The van der Waals surface area contributed by atoms with Gasteiger partial charge in [-0.3, -0.25) is 9.52 Å². The molecule has 0 radical (unpaired) electrons. The Kier molecular flexibility index (Phi) is 8.27. The van der Waals surface area contributed by atoms with Crippen molar-refractivity contribution in [3.8, 4) is 0 Å². The molecule has 0 aromatic heterocycles. The lowest BCUT2D eigenvalue weighted by molar-refractivity contribution is -0.125. The van der Waals surface area contributed by atoms with E-state index in [0.717, 1.165) is 30.2 Å². The Hall–Kier alpha value is -3.13. The van der Waals surface area contributed by atoms with Crippen LogP contribution in [-0.4, -0.2) is 32.9 Å².